The van der Waals surface area contributed by atoms with E-state index in [0.29, 0.717) is 29.1 Å². The molecule has 152 valence electrons. The Morgan fingerprint density at radius 3 is 2.17 bits per heavy atom. The quantitative estimate of drug-likeness (QED) is 0.699. The van der Waals surface area contributed by atoms with Gasteiger partial charge >= 0.3 is 5.97 Å². The molecule has 0 radical (unpaired) electrons. The molecule has 2 atom stereocenters. The second-order valence-corrected chi connectivity index (χ2v) is 7.16. The van der Waals surface area contributed by atoms with Gasteiger partial charge in [0.2, 0.25) is 11.8 Å². The van der Waals surface area contributed by atoms with E-state index in [-0.39, 0.29) is 29.8 Å². The molecule has 7 heteroatoms. The van der Waals surface area contributed by atoms with Crippen molar-refractivity contribution in [1.29, 1.82) is 0 Å². The van der Waals surface area contributed by atoms with Crippen LogP contribution in [0.3, 0.4) is 0 Å². The number of ether oxygens (including phenoxy) is 2. The molecule has 2 amide bonds. The van der Waals surface area contributed by atoms with E-state index in [0.717, 1.165) is 0 Å². The second-order valence-electron chi connectivity index (χ2n) is 7.16. The fourth-order valence-corrected chi connectivity index (χ4v) is 2.97. The van der Waals surface area contributed by atoms with Crippen molar-refractivity contribution in [1.82, 2.24) is 0 Å². The maximum Gasteiger partial charge on any atom is 0.337 e. The van der Waals surface area contributed by atoms with Gasteiger partial charge in [-0.2, -0.15) is 0 Å². The molecule has 2 aromatic rings. The highest BCUT2D eigenvalue weighted by molar-refractivity contribution is 6.03. The highest BCUT2D eigenvalue weighted by Crippen LogP contribution is 2.41. The maximum atomic E-state index is 12.5. The molecule has 2 N–H and O–H groups in total. The van der Waals surface area contributed by atoms with Gasteiger partial charge in [-0.05, 0) is 56.7 Å². The first kappa shape index (κ1) is 20.4. The minimum Gasteiger partial charge on any atom is -0.489 e. The number of carbonyl (C=O) groups is 3. The first-order chi connectivity index (χ1) is 13.9. The van der Waals surface area contributed by atoms with E-state index in [4.69, 9.17) is 4.74 Å². The van der Waals surface area contributed by atoms with Crippen LogP contribution < -0.4 is 15.4 Å². The van der Waals surface area contributed by atoms with Gasteiger partial charge in [-0.3, -0.25) is 9.59 Å². The second kappa shape index (κ2) is 8.77. The Kier molecular flexibility index (Phi) is 6.16. The molecule has 0 heterocycles. The molecule has 1 fully saturated rings. The highest BCUT2D eigenvalue weighted by atomic mass is 16.5. The summed E-state index contributed by atoms with van der Waals surface area (Å²) in [5.74, 6) is -1.02. The maximum absolute atomic E-state index is 12.5. The molecule has 0 spiro atoms. The van der Waals surface area contributed by atoms with Crippen molar-refractivity contribution in [2.24, 2.45) is 11.8 Å². The summed E-state index contributed by atoms with van der Waals surface area (Å²) in [4.78, 5) is 36.4. The summed E-state index contributed by atoms with van der Waals surface area (Å²) in [6.45, 7) is 3.83. The fraction of sp³-hybridized carbons (Fsp3) is 0.318. The number of rotatable bonds is 7. The van der Waals surface area contributed by atoms with E-state index in [1.165, 1.54) is 7.11 Å². The smallest absolute Gasteiger partial charge is 0.337 e. The number of para-hydroxylation sites is 2. The van der Waals surface area contributed by atoms with Gasteiger partial charge in [0, 0.05) is 5.69 Å². The summed E-state index contributed by atoms with van der Waals surface area (Å²) in [5.41, 5.74) is 1.55. The van der Waals surface area contributed by atoms with Crippen LogP contribution in [-0.4, -0.2) is 31.0 Å². The lowest BCUT2D eigenvalue weighted by atomic mass is 10.2. The average Bonchev–Trinajstić information content (AvgIpc) is 3.50. The van der Waals surface area contributed by atoms with E-state index < -0.39 is 5.97 Å². The minimum atomic E-state index is -0.441. The van der Waals surface area contributed by atoms with Gasteiger partial charge in [-0.25, -0.2) is 4.79 Å². The molecule has 3 rings (SSSR count). The Labute approximate surface area is 169 Å². The van der Waals surface area contributed by atoms with Crippen molar-refractivity contribution in [3.8, 4) is 5.75 Å². The van der Waals surface area contributed by atoms with Crippen LogP contribution in [0.1, 0.15) is 30.6 Å². The van der Waals surface area contributed by atoms with Gasteiger partial charge in [0.05, 0.1) is 36.3 Å². The third kappa shape index (κ3) is 5.13. The number of amides is 2. The van der Waals surface area contributed by atoms with Crippen LogP contribution in [0.2, 0.25) is 0 Å². The monoisotopic (exact) mass is 396 g/mol. The van der Waals surface area contributed by atoms with Crippen LogP contribution in [0.15, 0.2) is 48.5 Å². The Bertz CT molecular complexity index is 908. The summed E-state index contributed by atoms with van der Waals surface area (Å²) >= 11 is 0. The molecular weight excluding hydrogens is 372 g/mol. The summed E-state index contributed by atoms with van der Waals surface area (Å²) in [6.07, 6.45) is 0.476. The molecule has 0 aromatic heterocycles. The third-order valence-corrected chi connectivity index (χ3v) is 4.55. The highest BCUT2D eigenvalue weighted by Gasteiger charge is 2.48. The van der Waals surface area contributed by atoms with Crippen molar-refractivity contribution in [3.63, 3.8) is 0 Å². The first-order valence-corrected chi connectivity index (χ1v) is 9.45. The van der Waals surface area contributed by atoms with Gasteiger partial charge < -0.3 is 20.1 Å². The van der Waals surface area contributed by atoms with Crippen LogP contribution in [0.25, 0.3) is 0 Å². The van der Waals surface area contributed by atoms with E-state index in [9.17, 15) is 14.4 Å². The predicted molar refractivity (Wildman–Crippen MR) is 109 cm³/mol. The van der Waals surface area contributed by atoms with Gasteiger partial charge in [0.25, 0.3) is 0 Å². The third-order valence-electron chi connectivity index (χ3n) is 4.55. The van der Waals surface area contributed by atoms with Crippen molar-refractivity contribution in [2.45, 2.75) is 26.4 Å². The van der Waals surface area contributed by atoms with Crippen LogP contribution >= 0.6 is 0 Å². The molecule has 1 aliphatic carbocycles. The largest absolute Gasteiger partial charge is 0.489 e. The zero-order valence-corrected chi connectivity index (χ0v) is 16.6. The fourth-order valence-electron chi connectivity index (χ4n) is 2.97. The summed E-state index contributed by atoms with van der Waals surface area (Å²) in [7, 11) is 1.31. The standard InChI is InChI=1S/C22H24N2O5/c1-13(2)29-19-7-5-4-6-18(19)24-21(26)17-12-16(17)20(25)23-15-10-8-14(9-11-15)22(27)28-3/h4-11,13,16-17H,12H2,1-3H3,(H,23,25)(H,24,26). The van der Waals surface area contributed by atoms with Gasteiger partial charge in [-0.1, -0.05) is 12.1 Å². The average molecular weight is 396 g/mol. The van der Waals surface area contributed by atoms with Gasteiger partial charge in [0.1, 0.15) is 5.75 Å². The minimum absolute atomic E-state index is 0.0157. The molecule has 29 heavy (non-hydrogen) atoms. The molecule has 0 bridgehead atoms. The van der Waals surface area contributed by atoms with Crippen LogP contribution in [0.5, 0.6) is 5.75 Å². The Balaban J connectivity index is 1.56. The predicted octanol–water partition coefficient (Wildman–Crippen LogP) is 3.47. The first-order valence-electron chi connectivity index (χ1n) is 9.45. The van der Waals surface area contributed by atoms with Crippen LogP contribution in [0, 0.1) is 11.8 Å². The van der Waals surface area contributed by atoms with E-state index in [1.807, 2.05) is 26.0 Å². The zero-order chi connectivity index (χ0) is 21.0. The SMILES string of the molecule is COC(=O)c1ccc(NC(=O)C2CC2C(=O)Nc2ccccc2OC(C)C)cc1. The van der Waals surface area contributed by atoms with Crippen molar-refractivity contribution < 1.29 is 23.9 Å². The lowest BCUT2D eigenvalue weighted by molar-refractivity contribution is -0.122. The Morgan fingerprint density at radius 2 is 1.55 bits per heavy atom. The van der Waals surface area contributed by atoms with Crippen LogP contribution in [0.4, 0.5) is 11.4 Å². The summed E-state index contributed by atoms with van der Waals surface area (Å²) in [6, 6.07) is 13.6. The molecule has 2 unspecified atom stereocenters. The van der Waals surface area contributed by atoms with Crippen molar-refractivity contribution in [2.75, 3.05) is 17.7 Å². The summed E-state index contributed by atoms with van der Waals surface area (Å²) < 4.78 is 10.4. The molecular formula is C22H24N2O5. The molecule has 0 aliphatic heterocycles. The number of methoxy groups -OCH3 is 1. The van der Waals surface area contributed by atoms with Crippen molar-refractivity contribution >= 4 is 29.2 Å². The number of hydrogen-bond donors (Lipinski definition) is 2. The number of nitrogens with one attached hydrogen (secondary N) is 2. The number of esters is 1. The molecule has 0 saturated heterocycles. The van der Waals surface area contributed by atoms with E-state index >= 15 is 0 Å². The van der Waals surface area contributed by atoms with E-state index in [2.05, 4.69) is 15.4 Å². The molecule has 2 aromatic carbocycles. The van der Waals surface area contributed by atoms with Gasteiger partial charge in [-0.15, -0.1) is 0 Å². The number of benzene rings is 2. The number of carbonyl (C=O) groups excluding carboxylic acids is 3. The normalized spacial score (nSPS) is 17.4. The lowest BCUT2D eigenvalue weighted by Gasteiger charge is -2.14. The molecule has 1 aliphatic rings. The van der Waals surface area contributed by atoms with E-state index in [1.54, 1.807) is 36.4 Å². The Hall–Kier alpha value is -3.35. The summed E-state index contributed by atoms with van der Waals surface area (Å²) in [5, 5.41) is 5.64. The zero-order valence-electron chi connectivity index (χ0n) is 16.6. The molecule has 1 saturated carbocycles. The topological polar surface area (TPSA) is 93.7 Å². The van der Waals surface area contributed by atoms with Crippen molar-refractivity contribution in [3.05, 3.63) is 54.1 Å². The van der Waals surface area contributed by atoms with Crippen LogP contribution in [-0.2, 0) is 14.3 Å². The number of anilines is 2. The molecule has 7 nitrogen and oxygen atoms in total. The number of hydrogen-bond acceptors (Lipinski definition) is 5. The lowest BCUT2D eigenvalue weighted by Crippen LogP contribution is -2.21. The Morgan fingerprint density at radius 1 is 0.931 bits per heavy atom. The van der Waals surface area contributed by atoms with Gasteiger partial charge in [0.15, 0.2) is 0 Å².